The van der Waals surface area contributed by atoms with Gasteiger partial charge < -0.3 is 16.2 Å². The number of rotatable bonds is 6. The SMILES string of the molecule is Nc1ccc(N)c(OC(F)(F)C(F)(F)C(F)(F)C(F)(F)C(F)(F)C(F)(F)F)c1. The Hall–Kier alpha value is -2.29. The molecular weight excluding hydrogens is 435 g/mol. The number of hydrogen-bond donors (Lipinski definition) is 2. The highest BCUT2D eigenvalue weighted by atomic mass is 19.4. The van der Waals surface area contributed by atoms with E-state index in [2.05, 4.69) is 4.74 Å². The van der Waals surface area contributed by atoms with Gasteiger partial charge in [0, 0.05) is 11.8 Å². The average molecular weight is 442 g/mol. The van der Waals surface area contributed by atoms with E-state index < -0.39 is 53.1 Å². The fraction of sp³-hybridized carbons (Fsp3) is 0.500. The maximum Gasteiger partial charge on any atom is 0.471 e. The van der Waals surface area contributed by atoms with Gasteiger partial charge in [0.25, 0.3) is 0 Å². The third-order valence-electron chi connectivity index (χ3n) is 3.18. The molecule has 0 fully saturated rings. The summed E-state index contributed by atoms with van der Waals surface area (Å²) < 4.78 is 171. The van der Waals surface area contributed by atoms with Crippen LogP contribution in [0.15, 0.2) is 18.2 Å². The van der Waals surface area contributed by atoms with Crippen LogP contribution < -0.4 is 16.2 Å². The maximum atomic E-state index is 13.5. The third-order valence-corrected chi connectivity index (χ3v) is 3.18. The highest BCUT2D eigenvalue weighted by Gasteiger charge is 2.91. The van der Waals surface area contributed by atoms with E-state index in [1.54, 1.807) is 0 Å². The first kappa shape index (κ1) is 23.7. The molecule has 0 saturated heterocycles. The zero-order valence-corrected chi connectivity index (χ0v) is 12.7. The van der Waals surface area contributed by atoms with E-state index in [-0.39, 0.29) is 6.07 Å². The van der Waals surface area contributed by atoms with Gasteiger partial charge in [0.2, 0.25) is 0 Å². The van der Waals surface area contributed by atoms with Crippen LogP contribution in [0.3, 0.4) is 0 Å². The zero-order chi connectivity index (χ0) is 22.6. The molecule has 0 aliphatic heterocycles. The molecule has 4 N–H and O–H groups in total. The van der Waals surface area contributed by atoms with E-state index in [0.29, 0.717) is 6.07 Å². The molecule has 0 heterocycles. The Morgan fingerprint density at radius 2 is 1.04 bits per heavy atom. The molecule has 0 radical (unpaired) electrons. The largest absolute Gasteiger partial charge is 0.471 e. The van der Waals surface area contributed by atoms with Crippen LogP contribution in [0.1, 0.15) is 0 Å². The summed E-state index contributed by atoms with van der Waals surface area (Å²) in [5.74, 6) is -32.9. The molecule has 0 spiro atoms. The van der Waals surface area contributed by atoms with E-state index in [0.717, 1.165) is 6.07 Å². The number of benzene rings is 1. The third kappa shape index (κ3) is 3.32. The van der Waals surface area contributed by atoms with E-state index in [1.807, 2.05) is 0 Å². The first-order valence-electron chi connectivity index (χ1n) is 6.43. The van der Waals surface area contributed by atoms with Crippen LogP contribution in [-0.4, -0.2) is 36.0 Å². The second-order valence-corrected chi connectivity index (χ2v) is 5.21. The van der Waals surface area contributed by atoms with Crippen LogP contribution in [0.5, 0.6) is 5.75 Å². The van der Waals surface area contributed by atoms with Crippen LogP contribution >= 0.6 is 0 Å². The summed E-state index contributed by atoms with van der Waals surface area (Å²) in [5, 5.41) is 0. The van der Waals surface area contributed by atoms with Crippen molar-refractivity contribution in [1.29, 1.82) is 0 Å². The number of hydrogen-bond acceptors (Lipinski definition) is 3. The highest BCUT2D eigenvalue weighted by molar-refractivity contribution is 5.59. The van der Waals surface area contributed by atoms with Gasteiger partial charge in [0.1, 0.15) is 0 Å². The molecule has 0 aliphatic carbocycles. The average Bonchev–Trinajstić information content (AvgIpc) is 2.48. The first-order chi connectivity index (χ1) is 12.1. The monoisotopic (exact) mass is 442 g/mol. The minimum absolute atomic E-state index is 0.250. The molecule has 3 nitrogen and oxygen atoms in total. The molecule has 0 atom stereocenters. The fourth-order valence-electron chi connectivity index (χ4n) is 1.60. The number of nitrogens with two attached hydrogens (primary N) is 2. The summed E-state index contributed by atoms with van der Waals surface area (Å²) in [6.45, 7) is 0. The van der Waals surface area contributed by atoms with Gasteiger partial charge in [-0.05, 0) is 12.1 Å². The lowest BCUT2D eigenvalue weighted by Gasteiger charge is -2.39. The van der Waals surface area contributed by atoms with Crippen molar-refractivity contribution in [2.75, 3.05) is 11.5 Å². The Bertz CT molecular complexity index is 729. The van der Waals surface area contributed by atoms with Gasteiger partial charge in [0.05, 0.1) is 5.69 Å². The van der Waals surface area contributed by atoms with Crippen molar-refractivity contribution in [1.82, 2.24) is 0 Å². The predicted molar refractivity (Wildman–Crippen MR) is 66.7 cm³/mol. The molecule has 0 saturated carbocycles. The molecule has 0 amide bonds. The Kier molecular flexibility index (Phi) is 5.40. The van der Waals surface area contributed by atoms with Crippen LogP contribution in [-0.2, 0) is 0 Å². The van der Waals surface area contributed by atoms with Crippen LogP contribution in [0, 0.1) is 0 Å². The molecule has 28 heavy (non-hydrogen) atoms. The van der Waals surface area contributed by atoms with Gasteiger partial charge in [0.15, 0.2) is 5.75 Å². The minimum Gasteiger partial charge on any atom is -0.426 e. The van der Waals surface area contributed by atoms with Gasteiger partial charge in [-0.1, -0.05) is 0 Å². The van der Waals surface area contributed by atoms with E-state index in [1.165, 1.54) is 0 Å². The quantitative estimate of drug-likeness (QED) is 0.486. The summed E-state index contributed by atoms with van der Waals surface area (Å²) >= 11 is 0. The molecular formula is C12H7F13N2O. The topological polar surface area (TPSA) is 61.3 Å². The Morgan fingerprint density at radius 3 is 1.46 bits per heavy atom. The van der Waals surface area contributed by atoms with Gasteiger partial charge in [-0.15, -0.1) is 0 Å². The Morgan fingerprint density at radius 1 is 0.607 bits per heavy atom. The molecule has 162 valence electrons. The van der Waals surface area contributed by atoms with E-state index in [9.17, 15) is 57.1 Å². The van der Waals surface area contributed by atoms with Crippen molar-refractivity contribution in [3.8, 4) is 5.75 Å². The lowest BCUT2D eigenvalue weighted by atomic mass is 9.97. The van der Waals surface area contributed by atoms with Crippen molar-refractivity contribution in [3.63, 3.8) is 0 Å². The summed E-state index contributed by atoms with van der Waals surface area (Å²) in [7, 11) is 0. The van der Waals surface area contributed by atoms with Gasteiger partial charge >= 0.3 is 36.0 Å². The molecule has 1 aromatic rings. The molecule has 0 aliphatic rings. The first-order valence-corrected chi connectivity index (χ1v) is 6.43. The smallest absolute Gasteiger partial charge is 0.426 e. The van der Waals surface area contributed by atoms with Gasteiger partial charge in [-0.25, -0.2) is 0 Å². The molecule has 16 heteroatoms. The van der Waals surface area contributed by atoms with Crippen LogP contribution in [0.25, 0.3) is 0 Å². The van der Waals surface area contributed by atoms with Gasteiger partial charge in [-0.3, -0.25) is 0 Å². The number of anilines is 2. The standard InChI is InChI=1S/C12H7F13N2O/c13-7(14,9(17,18)11(21,22)23)8(15,16)10(19,20)12(24,25)28-6-3-4(26)1-2-5(6)27/h1-3H,26-27H2. The number of alkyl halides is 13. The summed E-state index contributed by atoms with van der Waals surface area (Å²) in [6, 6.07) is 1.76. The molecule has 1 aromatic carbocycles. The molecule has 0 unspecified atom stereocenters. The van der Waals surface area contributed by atoms with E-state index >= 15 is 0 Å². The molecule has 0 aromatic heterocycles. The summed E-state index contributed by atoms with van der Waals surface area (Å²) in [6.07, 6.45) is -14.2. The van der Waals surface area contributed by atoms with Crippen molar-refractivity contribution >= 4 is 11.4 Å². The van der Waals surface area contributed by atoms with Crippen LogP contribution in [0.2, 0.25) is 0 Å². The normalized spacial score (nSPS) is 14.9. The van der Waals surface area contributed by atoms with Gasteiger partial charge in [-0.2, -0.15) is 57.1 Å². The summed E-state index contributed by atoms with van der Waals surface area (Å²) in [4.78, 5) is 0. The number of ether oxygens (including phenoxy) is 1. The number of nitrogen functional groups attached to an aromatic ring is 2. The summed E-state index contributed by atoms with van der Waals surface area (Å²) in [5.41, 5.74) is 8.57. The van der Waals surface area contributed by atoms with Crippen LogP contribution in [0.4, 0.5) is 68.5 Å². The van der Waals surface area contributed by atoms with E-state index in [4.69, 9.17) is 11.5 Å². The lowest BCUT2D eigenvalue weighted by Crippen LogP contribution is -2.70. The zero-order valence-electron chi connectivity index (χ0n) is 12.7. The van der Waals surface area contributed by atoms with Crippen molar-refractivity contribution < 1.29 is 61.8 Å². The fourth-order valence-corrected chi connectivity index (χ4v) is 1.60. The van der Waals surface area contributed by atoms with Crippen molar-refractivity contribution in [2.24, 2.45) is 0 Å². The lowest BCUT2D eigenvalue weighted by molar-refractivity contribution is -0.456. The predicted octanol–water partition coefficient (Wildman–Crippen LogP) is 4.93. The van der Waals surface area contributed by atoms with Crippen molar-refractivity contribution in [2.45, 2.75) is 36.0 Å². The second-order valence-electron chi connectivity index (χ2n) is 5.21. The number of halogens is 13. The molecule has 0 bridgehead atoms. The Labute approximate surface area is 146 Å². The minimum atomic E-state index is -8.00. The maximum absolute atomic E-state index is 13.5. The highest BCUT2D eigenvalue weighted by Crippen LogP contribution is 2.60. The van der Waals surface area contributed by atoms with Crippen molar-refractivity contribution in [3.05, 3.63) is 18.2 Å². The molecule has 1 rings (SSSR count). The second kappa shape index (κ2) is 6.37. The Balaban J connectivity index is 3.46.